The smallest absolute Gasteiger partial charge is 0.311 e. The molecule has 5 heteroatoms. The first-order valence-corrected chi connectivity index (χ1v) is 5.32. The van der Waals surface area contributed by atoms with Gasteiger partial charge in [0, 0.05) is 11.6 Å². The van der Waals surface area contributed by atoms with Crippen molar-refractivity contribution in [3.8, 4) is 11.5 Å². The standard InChI is InChI=1S/C13H11NO4/c15-9-10-5-1-3-7-12(10)18-13-8-4-2-6-11(13)14(16)17/h1-8,15H,9H2. The third-order valence-electron chi connectivity index (χ3n) is 2.42. The van der Waals surface area contributed by atoms with Crippen LogP contribution in [0.4, 0.5) is 5.69 Å². The Bertz CT molecular complexity index is 568. The van der Waals surface area contributed by atoms with Crippen molar-refractivity contribution in [1.82, 2.24) is 0 Å². The zero-order valence-electron chi connectivity index (χ0n) is 9.45. The topological polar surface area (TPSA) is 72.6 Å². The molecule has 2 rings (SSSR count). The molecule has 0 saturated carbocycles. The SMILES string of the molecule is O=[N+]([O-])c1ccccc1Oc1ccccc1CO. The number of ether oxygens (including phenoxy) is 1. The summed E-state index contributed by atoms with van der Waals surface area (Å²) in [6.07, 6.45) is 0. The van der Waals surface area contributed by atoms with Gasteiger partial charge in [0.1, 0.15) is 5.75 Å². The van der Waals surface area contributed by atoms with E-state index in [1.807, 2.05) is 0 Å². The van der Waals surface area contributed by atoms with Crippen molar-refractivity contribution in [3.05, 3.63) is 64.2 Å². The predicted molar refractivity (Wildman–Crippen MR) is 65.5 cm³/mol. The zero-order chi connectivity index (χ0) is 13.0. The molecule has 2 aromatic rings. The van der Waals surface area contributed by atoms with E-state index < -0.39 is 4.92 Å². The van der Waals surface area contributed by atoms with Gasteiger partial charge in [0.25, 0.3) is 0 Å². The molecule has 0 aliphatic heterocycles. The molecule has 92 valence electrons. The highest BCUT2D eigenvalue weighted by atomic mass is 16.6. The van der Waals surface area contributed by atoms with Gasteiger partial charge in [0.15, 0.2) is 0 Å². The fourth-order valence-electron chi connectivity index (χ4n) is 1.55. The lowest BCUT2D eigenvalue weighted by Gasteiger charge is -2.09. The van der Waals surface area contributed by atoms with Gasteiger partial charge >= 0.3 is 5.69 Å². The van der Waals surface area contributed by atoms with Gasteiger partial charge in [-0.2, -0.15) is 0 Å². The van der Waals surface area contributed by atoms with Gasteiger partial charge < -0.3 is 9.84 Å². The van der Waals surface area contributed by atoms with Crippen LogP contribution in [0, 0.1) is 10.1 Å². The Morgan fingerprint density at radius 3 is 2.33 bits per heavy atom. The average Bonchev–Trinajstić information content (AvgIpc) is 2.40. The maximum atomic E-state index is 10.8. The Morgan fingerprint density at radius 1 is 1.06 bits per heavy atom. The van der Waals surface area contributed by atoms with Gasteiger partial charge in [0.2, 0.25) is 5.75 Å². The van der Waals surface area contributed by atoms with E-state index in [1.165, 1.54) is 12.1 Å². The third kappa shape index (κ3) is 2.46. The Hall–Kier alpha value is -2.40. The van der Waals surface area contributed by atoms with Crippen LogP contribution in [-0.4, -0.2) is 10.0 Å². The van der Waals surface area contributed by atoms with Gasteiger partial charge in [-0.15, -0.1) is 0 Å². The highest BCUT2D eigenvalue weighted by Gasteiger charge is 2.15. The van der Waals surface area contributed by atoms with Crippen molar-refractivity contribution in [1.29, 1.82) is 0 Å². The molecule has 0 amide bonds. The van der Waals surface area contributed by atoms with E-state index in [2.05, 4.69) is 0 Å². The van der Waals surface area contributed by atoms with E-state index >= 15 is 0 Å². The summed E-state index contributed by atoms with van der Waals surface area (Å²) in [6, 6.07) is 13.0. The maximum absolute atomic E-state index is 10.8. The minimum atomic E-state index is -0.503. The highest BCUT2D eigenvalue weighted by molar-refractivity contribution is 5.49. The normalized spacial score (nSPS) is 10.1. The number of nitro groups is 1. The molecule has 2 aromatic carbocycles. The maximum Gasteiger partial charge on any atom is 0.311 e. The highest BCUT2D eigenvalue weighted by Crippen LogP contribution is 2.32. The van der Waals surface area contributed by atoms with Gasteiger partial charge in [-0.1, -0.05) is 30.3 Å². The van der Waals surface area contributed by atoms with E-state index in [-0.39, 0.29) is 18.0 Å². The number of hydrogen-bond donors (Lipinski definition) is 1. The van der Waals surface area contributed by atoms with Crippen molar-refractivity contribution < 1.29 is 14.8 Å². The summed E-state index contributed by atoms with van der Waals surface area (Å²) in [5.41, 5.74) is 0.473. The van der Waals surface area contributed by atoms with E-state index in [1.54, 1.807) is 36.4 Å². The van der Waals surface area contributed by atoms with Crippen LogP contribution in [0.25, 0.3) is 0 Å². The summed E-state index contributed by atoms with van der Waals surface area (Å²) in [7, 11) is 0. The molecule has 0 saturated heterocycles. The first-order valence-electron chi connectivity index (χ1n) is 5.32. The minimum Gasteiger partial charge on any atom is -0.450 e. The summed E-state index contributed by atoms with van der Waals surface area (Å²) >= 11 is 0. The van der Waals surface area contributed by atoms with E-state index in [0.29, 0.717) is 11.3 Å². The van der Waals surface area contributed by atoms with Crippen molar-refractivity contribution in [2.45, 2.75) is 6.61 Å². The number of aliphatic hydroxyl groups excluding tert-OH is 1. The number of hydrogen-bond acceptors (Lipinski definition) is 4. The molecule has 0 aliphatic carbocycles. The second-order valence-corrected chi connectivity index (χ2v) is 3.59. The van der Waals surface area contributed by atoms with Crippen molar-refractivity contribution in [2.75, 3.05) is 0 Å². The molecular formula is C13H11NO4. The van der Waals surface area contributed by atoms with Crippen LogP contribution in [0.15, 0.2) is 48.5 Å². The lowest BCUT2D eigenvalue weighted by molar-refractivity contribution is -0.385. The van der Waals surface area contributed by atoms with Gasteiger partial charge in [0.05, 0.1) is 11.5 Å². The molecule has 0 fully saturated rings. The zero-order valence-corrected chi connectivity index (χ0v) is 9.45. The summed E-state index contributed by atoms with van der Waals surface area (Å²) in [5, 5.41) is 20.0. The van der Waals surface area contributed by atoms with Crippen LogP contribution in [0.1, 0.15) is 5.56 Å². The van der Waals surface area contributed by atoms with Crippen LogP contribution in [0.2, 0.25) is 0 Å². The number of nitrogens with zero attached hydrogens (tertiary/aromatic N) is 1. The minimum absolute atomic E-state index is 0.106. The molecule has 0 bridgehead atoms. The van der Waals surface area contributed by atoms with E-state index in [0.717, 1.165) is 0 Å². The molecule has 0 heterocycles. The third-order valence-corrected chi connectivity index (χ3v) is 2.42. The molecular weight excluding hydrogens is 234 g/mol. The first-order chi connectivity index (χ1) is 8.72. The van der Waals surface area contributed by atoms with Crippen LogP contribution in [0.3, 0.4) is 0 Å². The molecule has 0 radical (unpaired) electrons. The summed E-state index contributed by atoms with van der Waals surface area (Å²) < 4.78 is 5.49. The Labute approximate surface area is 103 Å². The number of rotatable bonds is 4. The van der Waals surface area contributed by atoms with Crippen molar-refractivity contribution in [2.24, 2.45) is 0 Å². The van der Waals surface area contributed by atoms with Gasteiger partial charge in [-0.3, -0.25) is 10.1 Å². The largest absolute Gasteiger partial charge is 0.450 e. The Balaban J connectivity index is 2.37. The average molecular weight is 245 g/mol. The summed E-state index contributed by atoms with van der Waals surface area (Å²) in [4.78, 5) is 10.3. The molecule has 0 atom stereocenters. The van der Waals surface area contributed by atoms with Gasteiger partial charge in [-0.05, 0) is 12.1 Å². The van der Waals surface area contributed by atoms with Crippen LogP contribution in [-0.2, 0) is 6.61 Å². The lowest BCUT2D eigenvalue weighted by atomic mass is 10.2. The summed E-state index contributed by atoms with van der Waals surface area (Å²) in [5.74, 6) is 0.567. The molecule has 0 unspecified atom stereocenters. The first kappa shape index (κ1) is 12.1. The fourth-order valence-corrected chi connectivity index (χ4v) is 1.55. The fraction of sp³-hybridized carbons (Fsp3) is 0.0769. The lowest BCUT2D eigenvalue weighted by Crippen LogP contribution is -1.95. The molecule has 18 heavy (non-hydrogen) atoms. The Morgan fingerprint density at radius 2 is 1.67 bits per heavy atom. The second kappa shape index (κ2) is 5.29. The molecule has 1 N–H and O–H groups in total. The summed E-state index contributed by atoms with van der Waals surface area (Å²) in [6.45, 7) is -0.184. The molecule has 0 aliphatic rings. The van der Waals surface area contributed by atoms with Crippen molar-refractivity contribution >= 4 is 5.69 Å². The number of aliphatic hydroxyl groups is 1. The molecule has 5 nitrogen and oxygen atoms in total. The van der Waals surface area contributed by atoms with Crippen LogP contribution in [0.5, 0.6) is 11.5 Å². The predicted octanol–water partition coefficient (Wildman–Crippen LogP) is 2.88. The van der Waals surface area contributed by atoms with Gasteiger partial charge in [-0.25, -0.2) is 0 Å². The number of nitro benzene ring substituents is 1. The van der Waals surface area contributed by atoms with Crippen LogP contribution < -0.4 is 4.74 Å². The second-order valence-electron chi connectivity index (χ2n) is 3.59. The number of benzene rings is 2. The quantitative estimate of drug-likeness (QED) is 0.664. The number of para-hydroxylation sites is 3. The Kier molecular flexibility index (Phi) is 3.54. The van der Waals surface area contributed by atoms with E-state index in [4.69, 9.17) is 9.84 Å². The van der Waals surface area contributed by atoms with E-state index in [9.17, 15) is 10.1 Å². The molecule has 0 aromatic heterocycles. The van der Waals surface area contributed by atoms with Crippen LogP contribution >= 0.6 is 0 Å². The monoisotopic (exact) mass is 245 g/mol. The molecule has 0 spiro atoms. The van der Waals surface area contributed by atoms with Crippen molar-refractivity contribution in [3.63, 3.8) is 0 Å².